The number of hydrogen-bond donors (Lipinski definition) is 2. The Morgan fingerprint density at radius 2 is 1.72 bits per heavy atom. The molecule has 0 fully saturated rings. The predicted octanol–water partition coefficient (Wildman–Crippen LogP) is 5.22. The van der Waals surface area contributed by atoms with Crippen LogP contribution in [0.5, 0.6) is 0 Å². The number of thiophene rings is 1. The number of nitrogens with zero attached hydrogens (tertiary/aromatic N) is 3. The Morgan fingerprint density at radius 3 is 2.38 bits per heavy atom. The summed E-state index contributed by atoms with van der Waals surface area (Å²) in [6, 6.07) is 20.3. The van der Waals surface area contributed by atoms with E-state index in [1.807, 2.05) is 54.6 Å². The maximum absolute atomic E-state index is 12.5. The summed E-state index contributed by atoms with van der Waals surface area (Å²) in [5.41, 5.74) is 3.03. The van der Waals surface area contributed by atoms with Crippen LogP contribution in [0.4, 0.5) is 10.6 Å². The van der Waals surface area contributed by atoms with Gasteiger partial charge in [-0.15, -0.1) is 16.4 Å². The van der Waals surface area contributed by atoms with Crippen molar-refractivity contribution in [1.29, 1.82) is 0 Å². The van der Waals surface area contributed by atoms with E-state index in [-0.39, 0.29) is 4.88 Å². The molecule has 2 aromatic heterocycles. The molecule has 0 aliphatic carbocycles. The average Bonchev–Trinajstić information content (AvgIpc) is 3.42. The van der Waals surface area contributed by atoms with E-state index in [0.717, 1.165) is 21.6 Å². The van der Waals surface area contributed by atoms with Gasteiger partial charge in [-0.25, -0.2) is 14.3 Å². The lowest BCUT2D eigenvalue weighted by Gasteiger charge is -2.14. The first-order valence-electron chi connectivity index (χ1n) is 9.78. The number of carbonyl (C=O) groups excluding carboxylic acids is 1. The van der Waals surface area contributed by atoms with Crippen molar-refractivity contribution < 1.29 is 19.4 Å². The average molecular weight is 449 g/mol. The summed E-state index contributed by atoms with van der Waals surface area (Å²) in [5, 5.41) is 20.0. The van der Waals surface area contributed by atoms with E-state index >= 15 is 0 Å². The van der Waals surface area contributed by atoms with Crippen molar-refractivity contribution >= 4 is 29.2 Å². The van der Waals surface area contributed by atoms with Gasteiger partial charge in [0.2, 0.25) is 0 Å². The molecule has 1 atom stereocenters. The highest BCUT2D eigenvalue weighted by molar-refractivity contribution is 7.17. The minimum Gasteiger partial charge on any atom is -0.477 e. The van der Waals surface area contributed by atoms with E-state index < -0.39 is 18.2 Å². The number of nitrogens with one attached hydrogen (secondary N) is 1. The largest absolute Gasteiger partial charge is 0.477 e. The van der Waals surface area contributed by atoms with E-state index in [2.05, 4.69) is 15.6 Å². The molecule has 2 heterocycles. The standard InChI is InChI=1S/C23H20N4O4S/c1-14(15-6-4-3-5-7-15)31-23(30)24-21-20(25-26-27(21)2)17-10-8-16(9-11-17)18-12-13-19(32-18)22(28)29/h3-14H,1-2H3,(H,24,30)(H,28,29). The highest BCUT2D eigenvalue weighted by atomic mass is 32.1. The number of rotatable bonds is 6. The second-order valence-corrected chi connectivity index (χ2v) is 8.12. The first-order valence-corrected chi connectivity index (χ1v) is 10.6. The molecule has 0 radical (unpaired) electrons. The summed E-state index contributed by atoms with van der Waals surface area (Å²) >= 11 is 1.21. The molecule has 32 heavy (non-hydrogen) atoms. The second-order valence-electron chi connectivity index (χ2n) is 7.04. The van der Waals surface area contributed by atoms with Gasteiger partial charge < -0.3 is 9.84 Å². The molecule has 9 heteroatoms. The number of aryl methyl sites for hydroxylation is 1. The van der Waals surface area contributed by atoms with Crippen LogP contribution in [-0.2, 0) is 11.8 Å². The Hall–Kier alpha value is -3.98. The van der Waals surface area contributed by atoms with Crippen molar-refractivity contribution in [1.82, 2.24) is 15.0 Å². The molecule has 8 nitrogen and oxygen atoms in total. The van der Waals surface area contributed by atoms with E-state index in [0.29, 0.717) is 11.5 Å². The first-order chi connectivity index (χ1) is 15.4. The number of aromatic nitrogens is 3. The number of amides is 1. The Bertz CT molecular complexity index is 1250. The van der Waals surface area contributed by atoms with Crippen LogP contribution in [0.25, 0.3) is 21.7 Å². The number of carbonyl (C=O) groups is 2. The summed E-state index contributed by atoms with van der Waals surface area (Å²) in [4.78, 5) is 24.7. The zero-order chi connectivity index (χ0) is 22.7. The van der Waals surface area contributed by atoms with Crippen molar-refractivity contribution in [3.63, 3.8) is 0 Å². The summed E-state index contributed by atoms with van der Waals surface area (Å²) in [5.74, 6) is -0.533. The van der Waals surface area contributed by atoms with Gasteiger partial charge in [0, 0.05) is 17.5 Å². The highest BCUT2D eigenvalue weighted by Crippen LogP contribution is 2.31. The fraction of sp³-hybridized carbons (Fsp3) is 0.130. The zero-order valence-electron chi connectivity index (χ0n) is 17.4. The van der Waals surface area contributed by atoms with Gasteiger partial charge in [0.25, 0.3) is 0 Å². The minimum atomic E-state index is -0.943. The maximum Gasteiger partial charge on any atom is 0.413 e. The number of hydrogen-bond acceptors (Lipinski definition) is 6. The van der Waals surface area contributed by atoms with E-state index in [9.17, 15) is 9.59 Å². The Morgan fingerprint density at radius 1 is 1.03 bits per heavy atom. The molecule has 2 aromatic carbocycles. The summed E-state index contributed by atoms with van der Waals surface area (Å²) in [7, 11) is 1.68. The molecule has 4 aromatic rings. The predicted molar refractivity (Wildman–Crippen MR) is 122 cm³/mol. The normalized spacial score (nSPS) is 11.7. The van der Waals surface area contributed by atoms with Crippen molar-refractivity contribution in [3.05, 3.63) is 77.2 Å². The fourth-order valence-electron chi connectivity index (χ4n) is 3.17. The number of carboxylic acid groups (broad SMARTS) is 1. The topological polar surface area (TPSA) is 106 Å². The van der Waals surface area contributed by atoms with Crippen molar-refractivity contribution in [2.45, 2.75) is 13.0 Å². The van der Waals surface area contributed by atoms with Crippen LogP contribution in [0.2, 0.25) is 0 Å². The molecule has 0 saturated heterocycles. The van der Waals surface area contributed by atoms with Crippen LogP contribution in [0.1, 0.15) is 28.3 Å². The van der Waals surface area contributed by atoms with Crippen LogP contribution in [0.3, 0.4) is 0 Å². The monoisotopic (exact) mass is 448 g/mol. The Balaban J connectivity index is 1.50. The number of benzene rings is 2. The van der Waals surface area contributed by atoms with Gasteiger partial charge in [0.05, 0.1) is 0 Å². The Kier molecular flexibility index (Phi) is 6.00. The van der Waals surface area contributed by atoms with Crippen molar-refractivity contribution in [2.75, 3.05) is 5.32 Å². The fourth-order valence-corrected chi connectivity index (χ4v) is 4.02. The molecule has 4 rings (SSSR count). The summed E-state index contributed by atoms with van der Waals surface area (Å²) < 4.78 is 6.96. The molecule has 0 spiro atoms. The van der Waals surface area contributed by atoms with Gasteiger partial charge in [-0.1, -0.05) is 59.8 Å². The SMILES string of the molecule is CC(OC(=O)Nc1c(-c2ccc(-c3ccc(C(=O)O)s3)cc2)nnn1C)c1ccccc1. The molecule has 0 aliphatic heterocycles. The summed E-state index contributed by atoms with van der Waals surface area (Å²) in [6.45, 7) is 1.80. The van der Waals surface area contributed by atoms with E-state index in [4.69, 9.17) is 9.84 Å². The molecule has 162 valence electrons. The van der Waals surface area contributed by atoms with Gasteiger partial charge in [-0.3, -0.25) is 5.32 Å². The molecular weight excluding hydrogens is 428 g/mol. The summed E-state index contributed by atoms with van der Waals surface area (Å²) in [6.07, 6.45) is -1.02. The quantitative estimate of drug-likeness (QED) is 0.419. The zero-order valence-corrected chi connectivity index (χ0v) is 18.2. The molecule has 0 saturated carbocycles. The Labute approximate surface area is 188 Å². The molecule has 0 bridgehead atoms. The third-order valence-electron chi connectivity index (χ3n) is 4.86. The van der Waals surface area contributed by atoms with E-state index in [1.165, 1.54) is 16.0 Å². The molecule has 1 unspecified atom stereocenters. The third kappa shape index (κ3) is 4.52. The number of ether oxygens (including phenoxy) is 1. The van der Waals surface area contributed by atoms with Crippen LogP contribution < -0.4 is 5.32 Å². The van der Waals surface area contributed by atoms with Gasteiger partial charge in [-0.2, -0.15) is 0 Å². The lowest BCUT2D eigenvalue weighted by atomic mass is 10.1. The van der Waals surface area contributed by atoms with Crippen LogP contribution in [0, 0.1) is 0 Å². The first kappa shape index (κ1) is 21.3. The second kappa shape index (κ2) is 9.03. The molecule has 1 amide bonds. The smallest absolute Gasteiger partial charge is 0.413 e. The van der Waals surface area contributed by atoms with Gasteiger partial charge in [-0.05, 0) is 30.2 Å². The maximum atomic E-state index is 12.5. The van der Waals surface area contributed by atoms with Gasteiger partial charge >= 0.3 is 12.1 Å². The van der Waals surface area contributed by atoms with Crippen LogP contribution in [-0.4, -0.2) is 32.2 Å². The third-order valence-corrected chi connectivity index (χ3v) is 5.98. The lowest BCUT2D eigenvalue weighted by Crippen LogP contribution is -2.18. The van der Waals surface area contributed by atoms with Crippen LogP contribution in [0.15, 0.2) is 66.7 Å². The number of anilines is 1. The van der Waals surface area contributed by atoms with Crippen molar-refractivity contribution in [3.8, 4) is 21.7 Å². The lowest BCUT2D eigenvalue weighted by molar-refractivity contribution is 0.0702. The highest BCUT2D eigenvalue weighted by Gasteiger charge is 2.18. The minimum absolute atomic E-state index is 0.285. The van der Waals surface area contributed by atoms with Gasteiger partial charge in [0.15, 0.2) is 5.82 Å². The molecule has 0 aliphatic rings. The molecule has 2 N–H and O–H groups in total. The van der Waals surface area contributed by atoms with Gasteiger partial charge in [0.1, 0.15) is 16.7 Å². The van der Waals surface area contributed by atoms with Crippen molar-refractivity contribution in [2.24, 2.45) is 7.05 Å². The molecular formula is C23H20N4O4S. The van der Waals surface area contributed by atoms with Crippen LogP contribution >= 0.6 is 11.3 Å². The number of carboxylic acids is 1. The van der Waals surface area contributed by atoms with E-state index in [1.54, 1.807) is 26.1 Å². The number of aromatic carboxylic acids is 1.